The highest BCUT2D eigenvalue weighted by Crippen LogP contribution is 2.36. The second-order valence-electron chi connectivity index (χ2n) is 8.03. The number of para-hydroxylation sites is 1. The lowest BCUT2D eigenvalue weighted by atomic mass is 9.96. The van der Waals surface area contributed by atoms with Crippen LogP contribution in [0, 0.1) is 5.92 Å². The molecule has 2 aromatic heterocycles. The summed E-state index contributed by atoms with van der Waals surface area (Å²) in [5, 5.41) is 3.91. The Morgan fingerprint density at radius 1 is 1.30 bits per heavy atom. The number of pyridine rings is 1. The Hall–Kier alpha value is -3.41. The minimum atomic E-state index is -0.100. The fourth-order valence-corrected chi connectivity index (χ4v) is 4.24. The minimum absolute atomic E-state index is 0.00345. The van der Waals surface area contributed by atoms with Crippen molar-refractivity contribution in [3.63, 3.8) is 0 Å². The monoisotopic (exact) mass is 401 g/mol. The number of carbonyl (C=O) groups excluding carboxylic acids is 2. The Morgan fingerprint density at radius 2 is 2.17 bits per heavy atom. The molecule has 1 N–H and O–H groups in total. The van der Waals surface area contributed by atoms with E-state index in [1.54, 1.807) is 23.2 Å². The summed E-state index contributed by atoms with van der Waals surface area (Å²) < 4.78 is 6.07. The lowest BCUT2D eigenvalue weighted by molar-refractivity contribution is -0.119. The van der Waals surface area contributed by atoms with Gasteiger partial charge in [0.25, 0.3) is 5.91 Å². The van der Waals surface area contributed by atoms with Crippen molar-refractivity contribution in [3.8, 4) is 0 Å². The van der Waals surface area contributed by atoms with E-state index in [1.165, 1.54) is 0 Å². The van der Waals surface area contributed by atoms with Gasteiger partial charge in [0.1, 0.15) is 11.4 Å². The largest absolute Gasteiger partial charge is 0.440 e. The number of hydrogen-bond acceptors (Lipinski definition) is 4. The molecule has 0 spiro atoms. The molecule has 6 nitrogen and oxygen atoms in total. The van der Waals surface area contributed by atoms with Gasteiger partial charge >= 0.3 is 0 Å². The number of amides is 2. The summed E-state index contributed by atoms with van der Waals surface area (Å²) >= 11 is 0. The number of nitrogens with zero attached hydrogens (tertiary/aromatic N) is 2. The average molecular weight is 401 g/mol. The fraction of sp³-hybridized carbons (Fsp3) is 0.292. The molecule has 6 heteroatoms. The lowest BCUT2D eigenvalue weighted by Gasteiger charge is -2.21. The van der Waals surface area contributed by atoms with Crippen LogP contribution in [0.1, 0.15) is 36.5 Å². The molecule has 2 aliphatic heterocycles. The summed E-state index contributed by atoms with van der Waals surface area (Å²) in [6, 6.07) is 9.93. The van der Waals surface area contributed by atoms with Crippen LogP contribution in [0.2, 0.25) is 0 Å². The number of aromatic nitrogens is 1. The first-order valence-electron chi connectivity index (χ1n) is 10.4. The Balaban J connectivity index is 1.41. The summed E-state index contributed by atoms with van der Waals surface area (Å²) in [5.74, 6) is 1.10. The van der Waals surface area contributed by atoms with Gasteiger partial charge in [-0.15, -0.1) is 0 Å². The number of anilines is 2. The number of benzene rings is 1. The van der Waals surface area contributed by atoms with Gasteiger partial charge in [0.15, 0.2) is 0 Å². The van der Waals surface area contributed by atoms with E-state index in [0.29, 0.717) is 24.7 Å². The molecule has 0 fully saturated rings. The van der Waals surface area contributed by atoms with Gasteiger partial charge in [-0.1, -0.05) is 25.1 Å². The van der Waals surface area contributed by atoms with Crippen LogP contribution in [0.5, 0.6) is 0 Å². The molecule has 0 saturated heterocycles. The Labute approximate surface area is 174 Å². The first-order valence-corrected chi connectivity index (χ1v) is 10.4. The van der Waals surface area contributed by atoms with Crippen molar-refractivity contribution in [2.24, 2.45) is 5.92 Å². The zero-order chi connectivity index (χ0) is 20.7. The third-order valence-corrected chi connectivity index (χ3v) is 5.87. The van der Waals surface area contributed by atoms with Crippen molar-refractivity contribution in [2.75, 3.05) is 16.8 Å². The molecule has 30 heavy (non-hydrogen) atoms. The molecule has 1 atom stereocenters. The Bertz CT molecular complexity index is 1180. The molecular formula is C24H23N3O3. The van der Waals surface area contributed by atoms with E-state index in [1.807, 2.05) is 31.2 Å². The average Bonchev–Trinajstić information content (AvgIpc) is 2.98. The molecular weight excluding hydrogens is 378 g/mol. The molecule has 2 aliphatic rings. The van der Waals surface area contributed by atoms with E-state index in [0.717, 1.165) is 46.9 Å². The van der Waals surface area contributed by atoms with Gasteiger partial charge < -0.3 is 9.73 Å². The molecule has 0 bridgehead atoms. The normalized spacial score (nSPS) is 18.8. The number of nitrogens with one attached hydrogen (secondary N) is 1. The quantitative estimate of drug-likeness (QED) is 0.648. The predicted octanol–water partition coefficient (Wildman–Crippen LogP) is 4.34. The van der Waals surface area contributed by atoms with E-state index in [2.05, 4.69) is 16.4 Å². The van der Waals surface area contributed by atoms with Gasteiger partial charge in [-0.05, 0) is 55.0 Å². The summed E-state index contributed by atoms with van der Waals surface area (Å²) in [5.41, 5.74) is 3.77. The van der Waals surface area contributed by atoms with Crippen molar-refractivity contribution < 1.29 is 14.0 Å². The second kappa shape index (κ2) is 7.44. The van der Waals surface area contributed by atoms with Crippen molar-refractivity contribution in [1.82, 2.24) is 4.98 Å². The first kappa shape index (κ1) is 18.6. The zero-order valence-electron chi connectivity index (χ0n) is 16.9. The van der Waals surface area contributed by atoms with Crippen LogP contribution in [-0.4, -0.2) is 23.3 Å². The van der Waals surface area contributed by atoms with Gasteiger partial charge in [0, 0.05) is 35.7 Å². The van der Waals surface area contributed by atoms with Crippen molar-refractivity contribution >= 4 is 40.6 Å². The second-order valence-corrected chi connectivity index (χ2v) is 8.03. The minimum Gasteiger partial charge on any atom is -0.440 e. The molecule has 0 saturated carbocycles. The summed E-state index contributed by atoms with van der Waals surface area (Å²) in [6.45, 7) is 2.54. The van der Waals surface area contributed by atoms with Crippen molar-refractivity contribution in [1.29, 1.82) is 0 Å². The molecule has 3 aromatic rings. The smallest absolute Gasteiger partial charge is 0.253 e. The highest BCUT2D eigenvalue weighted by molar-refractivity contribution is 6.05. The molecule has 2 amide bonds. The summed E-state index contributed by atoms with van der Waals surface area (Å²) in [7, 11) is 0. The van der Waals surface area contributed by atoms with Crippen LogP contribution in [-0.2, 0) is 22.4 Å². The van der Waals surface area contributed by atoms with Crippen LogP contribution in [0.3, 0.4) is 0 Å². The Kier molecular flexibility index (Phi) is 4.62. The van der Waals surface area contributed by atoms with Crippen LogP contribution in [0.25, 0.3) is 17.0 Å². The Morgan fingerprint density at radius 3 is 3.07 bits per heavy atom. The predicted molar refractivity (Wildman–Crippen MR) is 116 cm³/mol. The standard InChI is InChI=1S/C24H23N3O3/c1-15-12-17-13-16(14-25-22(17)26-23(15)29)9-10-21(28)27-11-5-4-7-19-18-6-2-3-8-20(18)30-24(19)27/h2-3,6,8-10,13-15H,4-5,7,11-12H2,1H3,(H,25,26,29)/b10-9+. The van der Waals surface area contributed by atoms with E-state index < -0.39 is 0 Å². The molecule has 0 aliphatic carbocycles. The molecule has 1 unspecified atom stereocenters. The van der Waals surface area contributed by atoms with E-state index in [-0.39, 0.29) is 17.7 Å². The number of hydrogen-bond donors (Lipinski definition) is 1. The van der Waals surface area contributed by atoms with E-state index >= 15 is 0 Å². The number of rotatable bonds is 2. The van der Waals surface area contributed by atoms with Crippen molar-refractivity contribution in [2.45, 2.75) is 32.6 Å². The lowest BCUT2D eigenvalue weighted by Crippen LogP contribution is -2.29. The van der Waals surface area contributed by atoms with Gasteiger partial charge in [-0.3, -0.25) is 14.5 Å². The maximum atomic E-state index is 13.0. The van der Waals surface area contributed by atoms with Gasteiger partial charge in [0.05, 0.1) is 0 Å². The number of aryl methyl sites for hydroxylation is 1. The molecule has 4 heterocycles. The molecule has 1 aromatic carbocycles. The number of furan rings is 1. The van der Waals surface area contributed by atoms with Gasteiger partial charge in [0.2, 0.25) is 11.8 Å². The van der Waals surface area contributed by atoms with Gasteiger partial charge in [-0.25, -0.2) is 4.98 Å². The van der Waals surface area contributed by atoms with Gasteiger partial charge in [-0.2, -0.15) is 0 Å². The van der Waals surface area contributed by atoms with Crippen LogP contribution in [0.4, 0.5) is 11.7 Å². The van der Waals surface area contributed by atoms with Crippen LogP contribution >= 0.6 is 0 Å². The van der Waals surface area contributed by atoms with Crippen LogP contribution in [0.15, 0.2) is 47.0 Å². The summed E-state index contributed by atoms with van der Waals surface area (Å²) in [4.78, 5) is 30.9. The summed E-state index contributed by atoms with van der Waals surface area (Å²) in [6.07, 6.45) is 8.57. The highest BCUT2D eigenvalue weighted by Gasteiger charge is 2.26. The first-order chi connectivity index (χ1) is 14.6. The highest BCUT2D eigenvalue weighted by atomic mass is 16.4. The third kappa shape index (κ3) is 3.28. The number of fused-ring (bicyclic) bond motifs is 4. The molecule has 152 valence electrons. The SMILES string of the molecule is CC1Cc2cc(/C=C/C(=O)N3CCCCc4c3oc3ccccc43)cnc2NC1=O. The number of carbonyl (C=O) groups is 2. The maximum Gasteiger partial charge on any atom is 0.253 e. The van der Waals surface area contributed by atoms with E-state index in [4.69, 9.17) is 4.42 Å². The van der Waals surface area contributed by atoms with Crippen LogP contribution < -0.4 is 10.2 Å². The van der Waals surface area contributed by atoms with Crippen molar-refractivity contribution in [3.05, 3.63) is 59.3 Å². The zero-order valence-corrected chi connectivity index (χ0v) is 16.9. The maximum absolute atomic E-state index is 13.0. The molecule has 0 radical (unpaired) electrons. The third-order valence-electron chi connectivity index (χ3n) is 5.87. The fourth-order valence-electron chi connectivity index (χ4n) is 4.24. The topological polar surface area (TPSA) is 75.4 Å². The van der Waals surface area contributed by atoms with E-state index in [9.17, 15) is 9.59 Å². The molecule has 5 rings (SSSR count).